The van der Waals surface area contributed by atoms with Crippen molar-refractivity contribution in [2.24, 2.45) is 5.92 Å². The van der Waals surface area contributed by atoms with Gasteiger partial charge in [-0.2, -0.15) is 0 Å². The zero-order chi connectivity index (χ0) is 8.06. The Morgan fingerprint density at radius 3 is 2.91 bits per heavy atom. The standard InChI is InChI=1S/C10H16O/c1-7(2)10-5-4-8(3)6-9(10)11-10/h6-7,9H,4-5H2,1-3H3. The van der Waals surface area contributed by atoms with Gasteiger partial charge in [0.2, 0.25) is 0 Å². The lowest BCUT2D eigenvalue weighted by molar-refractivity contribution is 0.226. The molecule has 0 aromatic carbocycles. The van der Waals surface area contributed by atoms with E-state index >= 15 is 0 Å². The van der Waals surface area contributed by atoms with Gasteiger partial charge >= 0.3 is 0 Å². The molecule has 11 heavy (non-hydrogen) atoms. The van der Waals surface area contributed by atoms with Gasteiger partial charge in [0.25, 0.3) is 0 Å². The molecule has 0 aromatic rings. The van der Waals surface area contributed by atoms with Gasteiger partial charge < -0.3 is 4.74 Å². The predicted octanol–water partition coefficient (Wildman–Crippen LogP) is 2.52. The molecule has 1 fully saturated rings. The van der Waals surface area contributed by atoms with Crippen LogP contribution in [-0.2, 0) is 4.74 Å². The number of hydrogen-bond acceptors (Lipinski definition) is 1. The average Bonchev–Trinajstić information content (AvgIpc) is 2.62. The maximum atomic E-state index is 5.72. The van der Waals surface area contributed by atoms with Crippen LogP contribution in [0.5, 0.6) is 0 Å². The Morgan fingerprint density at radius 2 is 2.36 bits per heavy atom. The first-order valence-corrected chi connectivity index (χ1v) is 4.50. The smallest absolute Gasteiger partial charge is 0.106 e. The lowest BCUT2D eigenvalue weighted by atomic mass is 9.82. The highest BCUT2D eigenvalue weighted by Crippen LogP contribution is 2.51. The Labute approximate surface area is 68.4 Å². The third-order valence-corrected chi connectivity index (χ3v) is 3.09. The van der Waals surface area contributed by atoms with Gasteiger partial charge in [0.15, 0.2) is 0 Å². The number of ether oxygens (including phenoxy) is 1. The molecule has 2 atom stereocenters. The van der Waals surface area contributed by atoms with Crippen molar-refractivity contribution in [1.82, 2.24) is 0 Å². The summed E-state index contributed by atoms with van der Waals surface area (Å²) in [4.78, 5) is 0. The summed E-state index contributed by atoms with van der Waals surface area (Å²) in [6, 6.07) is 0. The highest BCUT2D eigenvalue weighted by molar-refractivity contribution is 5.23. The summed E-state index contributed by atoms with van der Waals surface area (Å²) in [7, 11) is 0. The molecule has 0 bridgehead atoms. The summed E-state index contributed by atoms with van der Waals surface area (Å²) < 4.78 is 5.72. The van der Waals surface area contributed by atoms with Crippen molar-refractivity contribution in [2.75, 3.05) is 0 Å². The number of rotatable bonds is 1. The van der Waals surface area contributed by atoms with Crippen LogP contribution in [0.3, 0.4) is 0 Å². The van der Waals surface area contributed by atoms with Crippen molar-refractivity contribution in [3.63, 3.8) is 0 Å². The predicted molar refractivity (Wildman–Crippen MR) is 45.4 cm³/mol. The van der Waals surface area contributed by atoms with Crippen LogP contribution in [0, 0.1) is 5.92 Å². The molecule has 2 rings (SSSR count). The van der Waals surface area contributed by atoms with Crippen LogP contribution in [0.1, 0.15) is 33.6 Å². The molecule has 1 heteroatoms. The topological polar surface area (TPSA) is 12.5 Å². The molecule has 0 radical (unpaired) electrons. The van der Waals surface area contributed by atoms with Crippen LogP contribution in [-0.4, -0.2) is 11.7 Å². The van der Waals surface area contributed by atoms with E-state index in [0.717, 1.165) is 0 Å². The number of hydrogen-bond donors (Lipinski definition) is 0. The molecule has 0 spiro atoms. The van der Waals surface area contributed by atoms with Gasteiger partial charge in [-0.1, -0.05) is 25.5 Å². The molecule has 1 aliphatic carbocycles. The summed E-state index contributed by atoms with van der Waals surface area (Å²) in [6.07, 6.45) is 5.21. The molecular weight excluding hydrogens is 136 g/mol. The maximum absolute atomic E-state index is 5.72. The second-order valence-electron chi connectivity index (χ2n) is 4.16. The molecule has 62 valence electrons. The molecule has 0 saturated carbocycles. The minimum absolute atomic E-state index is 0.250. The summed E-state index contributed by atoms with van der Waals surface area (Å²) >= 11 is 0. The quantitative estimate of drug-likeness (QED) is 0.415. The minimum atomic E-state index is 0.250. The van der Waals surface area contributed by atoms with Crippen LogP contribution in [0.25, 0.3) is 0 Å². The van der Waals surface area contributed by atoms with Crippen LogP contribution in [0.15, 0.2) is 11.6 Å². The van der Waals surface area contributed by atoms with Crippen LogP contribution in [0.4, 0.5) is 0 Å². The highest BCUT2D eigenvalue weighted by atomic mass is 16.6. The van der Waals surface area contributed by atoms with Crippen molar-refractivity contribution < 1.29 is 4.74 Å². The van der Waals surface area contributed by atoms with Crippen molar-refractivity contribution >= 4 is 0 Å². The second-order valence-corrected chi connectivity index (χ2v) is 4.16. The zero-order valence-electron chi connectivity index (χ0n) is 7.55. The van der Waals surface area contributed by atoms with E-state index in [2.05, 4.69) is 26.8 Å². The molecular formula is C10H16O. The summed E-state index contributed by atoms with van der Waals surface area (Å²) in [5.41, 5.74) is 1.75. The van der Waals surface area contributed by atoms with Gasteiger partial charge in [-0.25, -0.2) is 0 Å². The summed E-state index contributed by atoms with van der Waals surface area (Å²) in [5, 5.41) is 0. The van der Waals surface area contributed by atoms with Gasteiger partial charge in [0.1, 0.15) is 11.7 Å². The van der Waals surface area contributed by atoms with Crippen LogP contribution in [0.2, 0.25) is 0 Å². The highest BCUT2D eigenvalue weighted by Gasteiger charge is 2.57. The minimum Gasteiger partial charge on any atom is -0.361 e. The lowest BCUT2D eigenvalue weighted by Gasteiger charge is -2.19. The van der Waals surface area contributed by atoms with Crippen molar-refractivity contribution in [2.45, 2.75) is 45.3 Å². The van der Waals surface area contributed by atoms with E-state index < -0.39 is 0 Å². The van der Waals surface area contributed by atoms with Crippen molar-refractivity contribution in [3.8, 4) is 0 Å². The van der Waals surface area contributed by atoms with E-state index in [4.69, 9.17) is 4.74 Å². The van der Waals surface area contributed by atoms with E-state index in [1.54, 1.807) is 0 Å². The Bertz CT molecular complexity index is 205. The van der Waals surface area contributed by atoms with Crippen LogP contribution < -0.4 is 0 Å². The zero-order valence-corrected chi connectivity index (χ0v) is 7.55. The fraction of sp³-hybridized carbons (Fsp3) is 0.800. The number of fused-ring (bicyclic) bond motifs is 1. The average molecular weight is 152 g/mol. The molecule has 0 amide bonds. The monoisotopic (exact) mass is 152 g/mol. The van der Waals surface area contributed by atoms with E-state index in [1.807, 2.05) is 0 Å². The lowest BCUT2D eigenvalue weighted by Crippen LogP contribution is -2.24. The van der Waals surface area contributed by atoms with Gasteiger partial charge in [-0.3, -0.25) is 0 Å². The first-order valence-electron chi connectivity index (χ1n) is 4.50. The van der Waals surface area contributed by atoms with Gasteiger partial charge in [-0.15, -0.1) is 0 Å². The van der Waals surface area contributed by atoms with Gasteiger partial charge in [0.05, 0.1) is 0 Å². The molecule has 0 aromatic heterocycles. The molecule has 1 nitrogen and oxygen atoms in total. The molecule has 1 heterocycles. The Kier molecular flexibility index (Phi) is 1.40. The molecule has 1 aliphatic heterocycles. The number of epoxide rings is 1. The van der Waals surface area contributed by atoms with E-state index in [9.17, 15) is 0 Å². The Hall–Kier alpha value is -0.300. The molecule has 2 unspecified atom stereocenters. The molecule has 1 saturated heterocycles. The molecule has 2 aliphatic rings. The van der Waals surface area contributed by atoms with Crippen LogP contribution >= 0.6 is 0 Å². The van der Waals surface area contributed by atoms with E-state index in [-0.39, 0.29) is 5.60 Å². The third kappa shape index (κ3) is 0.943. The maximum Gasteiger partial charge on any atom is 0.106 e. The Balaban J connectivity index is 2.15. The van der Waals surface area contributed by atoms with E-state index in [1.165, 1.54) is 18.4 Å². The summed E-state index contributed by atoms with van der Waals surface area (Å²) in [6.45, 7) is 6.72. The fourth-order valence-corrected chi connectivity index (χ4v) is 2.07. The first kappa shape index (κ1) is 7.35. The molecule has 0 N–H and O–H groups in total. The summed E-state index contributed by atoms with van der Waals surface area (Å²) in [5.74, 6) is 0.678. The van der Waals surface area contributed by atoms with Crippen molar-refractivity contribution in [3.05, 3.63) is 11.6 Å². The third-order valence-electron chi connectivity index (χ3n) is 3.09. The Morgan fingerprint density at radius 1 is 1.64 bits per heavy atom. The largest absolute Gasteiger partial charge is 0.361 e. The fourth-order valence-electron chi connectivity index (χ4n) is 2.07. The first-order chi connectivity index (χ1) is 5.15. The van der Waals surface area contributed by atoms with Crippen molar-refractivity contribution in [1.29, 1.82) is 0 Å². The normalized spacial score (nSPS) is 41.8. The number of allylic oxidation sites excluding steroid dienone is 1. The second kappa shape index (κ2) is 2.10. The van der Waals surface area contributed by atoms with E-state index in [0.29, 0.717) is 12.0 Å². The van der Waals surface area contributed by atoms with Gasteiger partial charge in [0, 0.05) is 0 Å². The van der Waals surface area contributed by atoms with Gasteiger partial charge in [-0.05, 0) is 25.7 Å². The SMILES string of the molecule is CC1=CC2OC2(C(C)C)CC1.